The van der Waals surface area contributed by atoms with Crippen molar-refractivity contribution in [3.05, 3.63) is 48.5 Å². The highest BCUT2D eigenvalue weighted by Crippen LogP contribution is 2.38. The summed E-state index contributed by atoms with van der Waals surface area (Å²) in [4.78, 5) is 2.28. The summed E-state index contributed by atoms with van der Waals surface area (Å²) in [5.74, 6) is 0. The van der Waals surface area contributed by atoms with Gasteiger partial charge in [-0.05, 0) is 54.7 Å². The van der Waals surface area contributed by atoms with Gasteiger partial charge in [-0.3, -0.25) is 4.72 Å². The highest BCUT2D eigenvalue weighted by molar-refractivity contribution is 7.92. The third kappa shape index (κ3) is 5.05. The number of sulfonamides is 2. The summed E-state index contributed by atoms with van der Waals surface area (Å²) in [5.41, 5.74) is 1.71. The summed E-state index contributed by atoms with van der Waals surface area (Å²) in [6, 6.07) is 12.6. The van der Waals surface area contributed by atoms with Gasteiger partial charge in [-0.1, -0.05) is 32.4 Å². The minimum atomic E-state index is -3.87. The van der Waals surface area contributed by atoms with Crippen LogP contribution in [0.1, 0.15) is 33.1 Å². The SMILES string of the molecule is CCC1(C)CCN(c2ccccc2NS(=O)(=O)c2ccc(S(=O)(=O)N(C)C)cc2)CC1. The Bertz CT molecular complexity index is 1120. The van der Waals surface area contributed by atoms with E-state index in [1.807, 2.05) is 12.1 Å². The normalized spacial score (nSPS) is 17.0. The summed E-state index contributed by atoms with van der Waals surface area (Å²) in [7, 11) is -4.62. The zero-order chi connectivity index (χ0) is 22.9. The minimum Gasteiger partial charge on any atom is -0.370 e. The van der Waals surface area contributed by atoms with Gasteiger partial charge < -0.3 is 4.90 Å². The van der Waals surface area contributed by atoms with Crippen molar-refractivity contribution >= 4 is 31.4 Å². The molecule has 2 aromatic rings. The van der Waals surface area contributed by atoms with Crippen LogP contribution in [0.2, 0.25) is 0 Å². The molecule has 7 nitrogen and oxygen atoms in total. The first-order valence-corrected chi connectivity index (χ1v) is 13.3. The lowest BCUT2D eigenvalue weighted by Crippen LogP contribution is -2.38. The second-order valence-electron chi connectivity index (χ2n) is 8.53. The van der Waals surface area contributed by atoms with Crippen LogP contribution < -0.4 is 9.62 Å². The van der Waals surface area contributed by atoms with Crippen molar-refractivity contribution in [2.75, 3.05) is 36.8 Å². The third-order valence-electron chi connectivity index (χ3n) is 6.23. The maximum absolute atomic E-state index is 13.0. The van der Waals surface area contributed by atoms with Gasteiger partial charge in [0.15, 0.2) is 0 Å². The van der Waals surface area contributed by atoms with Crippen LogP contribution in [0.4, 0.5) is 11.4 Å². The number of hydrogen-bond donors (Lipinski definition) is 1. The van der Waals surface area contributed by atoms with E-state index < -0.39 is 20.0 Å². The molecule has 0 aliphatic carbocycles. The molecule has 2 aromatic carbocycles. The molecule has 0 saturated carbocycles. The Morgan fingerprint density at radius 3 is 2.03 bits per heavy atom. The standard InChI is InChI=1S/C22H31N3O4S2/c1-5-22(2)14-16-25(17-15-22)21-9-7-6-8-20(21)23-30(26,27)18-10-12-19(13-11-18)31(28,29)24(3)4/h6-13,23H,5,14-17H2,1-4H3. The molecule has 1 N–H and O–H groups in total. The van der Waals surface area contributed by atoms with E-state index in [0.717, 1.165) is 42.3 Å². The van der Waals surface area contributed by atoms with Gasteiger partial charge >= 0.3 is 0 Å². The number of nitrogens with one attached hydrogen (secondary N) is 1. The fraction of sp³-hybridized carbons (Fsp3) is 0.455. The van der Waals surface area contributed by atoms with E-state index in [1.165, 1.54) is 38.4 Å². The summed E-state index contributed by atoms with van der Waals surface area (Å²) < 4.78 is 54.2. The van der Waals surface area contributed by atoms with Crippen molar-refractivity contribution in [3.63, 3.8) is 0 Å². The Morgan fingerprint density at radius 2 is 1.48 bits per heavy atom. The molecule has 0 unspecified atom stereocenters. The molecule has 0 bridgehead atoms. The first-order chi connectivity index (χ1) is 14.5. The van der Waals surface area contributed by atoms with Crippen molar-refractivity contribution in [1.82, 2.24) is 4.31 Å². The minimum absolute atomic E-state index is 0.0113. The predicted molar refractivity (Wildman–Crippen MR) is 124 cm³/mol. The van der Waals surface area contributed by atoms with Gasteiger partial charge in [-0.25, -0.2) is 21.1 Å². The lowest BCUT2D eigenvalue weighted by molar-refractivity contribution is 0.238. The van der Waals surface area contributed by atoms with Crippen LogP contribution in [-0.4, -0.2) is 48.3 Å². The fourth-order valence-electron chi connectivity index (χ4n) is 3.68. The van der Waals surface area contributed by atoms with Gasteiger partial charge in [-0.15, -0.1) is 0 Å². The van der Waals surface area contributed by atoms with E-state index in [4.69, 9.17) is 0 Å². The maximum atomic E-state index is 13.0. The first-order valence-electron chi connectivity index (χ1n) is 10.4. The summed E-state index contributed by atoms with van der Waals surface area (Å²) in [6.07, 6.45) is 3.26. The Kier molecular flexibility index (Phi) is 6.69. The molecule has 0 atom stereocenters. The van der Waals surface area contributed by atoms with Gasteiger partial charge in [0.05, 0.1) is 21.2 Å². The maximum Gasteiger partial charge on any atom is 0.261 e. The zero-order valence-corrected chi connectivity index (χ0v) is 20.1. The molecule has 0 radical (unpaired) electrons. The van der Waals surface area contributed by atoms with Crippen LogP contribution in [0.3, 0.4) is 0 Å². The Hall–Kier alpha value is -2.10. The number of anilines is 2. The molecule has 1 saturated heterocycles. The smallest absolute Gasteiger partial charge is 0.261 e. The van der Waals surface area contributed by atoms with Crippen LogP contribution in [0, 0.1) is 5.41 Å². The topological polar surface area (TPSA) is 86.8 Å². The second kappa shape index (κ2) is 8.80. The van der Waals surface area contributed by atoms with E-state index >= 15 is 0 Å². The van der Waals surface area contributed by atoms with Crippen LogP contribution >= 0.6 is 0 Å². The molecular weight excluding hydrogens is 434 g/mol. The van der Waals surface area contributed by atoms with E-state index in [1.54, 1.807) is 12.1 Å². The zero-order valence-electron chi connectivity index (χ0n) is 18.5. The number of para-hydroxylation sites is 2. The highest BCUT2D eigenvalue weighted by atomic mass is 32.2. The van der Waals surface area contributed by atoms with Crippen molar-refractivity contribution in [1.29, 1.82) is 0 Å². The van der Waals surface area contributed by atoms with E-state index in [0.29, 0.717) is 11.1 Å². The predicted octanol–water partition coefficient (Wildman–Crippen LogP) is 3.75. The molecule has 31 heavy (non-hydrogen) atoms. The van der Waals surface area contributed by atoms with Crippen LogP contribution in [0.5, 0.6) is 0 Å². The van der Waals surface area contributed by atoms with Crippen LogP contribution in [0.15, 0.2) is 58.3 Å². The number of nitrogens with zero attached hydrogens (tertiary/aromatic N) is 2. The Balaban J connectivity index is 1.83. The summed E-state index contributed by atoms with van der Waals surface area (Å²) >= 11 is 0. The average Bonchev–Trinajstić information content (AvgIpc) is 2.74. The monoisotopic (exact) mass is 465 g/mol. The Labute approximate surface area is 186 Å². The first kappa shape index (κ1) is 23.6. The van der Waals surface area contributed by atoms with Gasteiger partial charge in [0.25, 0.3) is 10.0 Å². The van der Waals surface area contributed by atoms with E-state index in [-0.39, 0.29) is 9.79 Å². The highest BCUT2D eigenvalue weighted by Gasteiger charge is 2.29. The lowest BCUT2D eigenvalue weighted by atomic mass is 9.78. The largest absolute Gasteiger partial charge is 0.370 e. The molecular formula is C22H31N3O4S2. The lowest BCUT2D eigenvalue weighted by Gasteiger charge is -2.40. The van der Waals surface area contributed by atoms with Crippen molar-refractivity contribution in [2.24, 2.45) is 5.41 Å². The fourth-order valence-corrected chi connectivity index (χ4v) is 5.66. The van der Waals surface area contributed by atoms with E-state index in [2.05, 4.69) is 23.5 Å². The molecule has 1 aliphatic rings. The van der Waals surface area contributed by atoms with Crippen molar-refractivity contribution in [2.45, 2.75) is 42.9 Å². The summed E-state index contributed by atoms with van der Waals surface area (Å²) in [6.45, 7) is 6.27. The van der Waals surface area contributed by atoms with E-state index in [9.17, 15) is 16.8 Å². The molecule has 170 valence electrons. The van der Waals surface area contributed by atoms with Crippen molar-refractivity contribution in [3.8, 4) is 0 Å². The number of hydrogen-bond acceptors (Lipinski definition) is 5. The molecule has 0 spiro atoms. The van der Waals surface area contributed by atoms with Gasteiger partial charge in [0.2, 0.25) is 10.0 Å². The van der Waals surface area contributed by atoms with Gasteiger partial charge in [0.1, 0.15) is 0 Å². The molecule has 1 aliphatic heterocycles. The third-order valence-corrected chi connectivity index (χ3v) is 9.44. The molecule has 3 rings (SSSR count). The number of rotatable bonds is 7. The van der Waals surface area contributed by atoms with Gasteiger partial charge in [0, 0.05) is 27.2 Å². The van der Waals surface area contributed by atoms with Crippen LogP contribution in [-0.2, 0) is 20.0 Å². The Morgan fingerprint density at radius 1 is 0.935 bits per heavy atom. The quantitative estimate of drug-likeness (QED) is 0.673. The second-order valence-corrected chi connectivity index (χ2v) is 12.4. The number of piperidine rings is 1. The molecule has 0 amide bonds. The summed E-state index contributed by atoms with van der Waals surface area (Å²) in [5, 5.41) is 0. The van der Waals surface area contributed by atoms with Gasteiger partial charge in [-0.2, -0.15) is 0 Å². The number of benzene rings is 2. The molecule has 1 heterocycles. The molecule has 0 aromatic heterocycles. The van der Waals surface area contributed by atoms with Crippen LogP contribution in [0.25, 0.3) is 0 Å². The molecule has 9 heteroatoms. The molecule has 1 fully saturated rings. The average molecular weight is 466 g/mol. The van der Waals surface area contributed by atoms with Crippen molar-refractivity contribution < 1.29 is 16.8 Å².